The molecule has 1 aliphatic carbocycles. The number of hydrogen-bond donors (Lipinski definition) is 2. The van der Waals surface area contributed by atoms with Crippen molar-refractivity contribution in [2.45, 2.75) is 45.3 Å². The Bertz CT molecular complexity index is 508. The minimum absolute atomic E-state index is 0.193. The van der Waals surface area contributed by atoms with E-state index in [0.717, 1.165) is 6.42 Å². The van der Waals surface area contributed by atoms with Gasteiger partial charge in [0.2, 0.25) is 0 Å². The van der Waals surface area contributed by atoms with Gasteiger partial charge in [0.1, 0.15) is 24.5 Å². The van der Waals surface area contributed by atoms with Crippen LogP contribution >= 0.6 is 0 Å². The molecule has 2 N–H and O–H groups in total. The Labute approximate surface area is 126 Å². The zero-order chi connectivity index (χ0) is 15.3. The summed E-state index contributed by atoms with van der Waals surface area (Å²) in [6, 6.07) is 9.62. The van der Waals surface area contributed by atoms with Gasteiger partial charge in [0, 0.05) is 12.6 Å². The standard InChI is InChI=1S/C17H24N2O2/c1-17(2)9-5-8-16(17)19-11-14(20)12-21-15-7-4-3-6-13(15)10-18/h3-4,6-7,14,16,19-20H,5,8-9,11-12H2,1-2H3. The van der Waals surface area contributed by atoms with Gasteiger partial charge in [0.15, 0.2) is 0 Å². The second-order valence-corrected chi connectivity index (χ2v) is 6.41. The van der Waals surface area contributed by atoms with Crippen LogP contribution in [0.1, 0.15) is 38.7 Å². The van der Waals surface area contributed by atoms with Crippen LogP contribution in [0.2, 0.25) is 0 Å². The molecule has 1 fully saturated rings. The maximum absolute atomic E-state index is 10.0. The van der Waals surface area contributed by atoms with Crippen molar-refractivity contribution >= 4 is 0 Å². The Hall–Kier alpha value is -1.57. The first-order valence-electron chi connectivity index (χ1n) is 7.56. The lowest BCUT2D eigenvalue weighted by molar-refractivity contribution is 0.0984. The third-order valence-electron chi connectivity index (χ3n) is 4.30. The topological polar surface area (TPSA) is 65.3 Å². The van der Waals surface area contributed by atoms with Crippen LogP contribution in [0.3, 0.4) is 0 Å². The molecule has 0 bridgehead atoms. The number of para-hydroxylation sites is 1. The van der Waals surface area contributed by atoms with Crippen LogP contribution < -0.4 is 10.1 Å². The maximum atomic E-state index is 10.0. The number of hydrogen-bond acceptors (Lipinski definition) is 4. The molecule has 4 nitrogen and oxygen atoms in total. The van der Waals surface area contributed by atoms with Crippen molar-refractivity contribution in [3.63, 3.8) is 0 Å². The van der Waals surface area contributed by atoms with Gasteiger partial charge in [-0.15, -0.1) is 0 Å². The van der Waals surface area contributed by atoms with Gasteiger partial charge in [-0.25, -0.2) is 0 Å². The Balaban J connectivity index is 1.78. The lowest BCUT2D eigenvalue weighted by Crippen LogP contribution is -2.43. The second kappa shape index (κ2) is 6.93. The van der Waals surface area contributed by atoms with Crippen molar-refractivity contribution in [2.24, 2.45) is 5.41 Å². The summed E-state index contributed by atoms with van der Waals surface area (Å²) in [6.45, 7) is 5.25. The summed E-state index contributed by atoms with van der Waals surface area (Å²) in [5.41, 5.74) is 0.795. The number of ether oxygens (including phenoxy) is 1. The average Bonchev–Trinajstić information content (AvgIpc) is 2.82. The molecule has 2 rings (SSSR count). The van der Waals surface area contributed by atoms with E-state index in [0.29, 0.717) is 29.3 Å². The van der Waals surface area contributed by atoms with E-state index in [1.54, 1.807) is 18.2 Å². The summed E-state index contributed by atoms with van der Waals surface area (Å²) >= 11 is 0. The van der Waals surface area contributed by atoms with Crippen LogP contribution in [0, 0.1) is 16.7 Å². The molecule has 0 spiro atoms. The Kier molecular flexibility index (Phi) is 5.22. The number of rotatable bonds is 6. The van der Waals surface area contributed by atoms with Crippen LogP contribution in [-0.4, -0.2) is 30.4 Å². The van der Waals surface area contributed by atoms with Gasteiger partial charge in [-0.3, -0.25) is 0 Å². The highest BCUT2D eigenvalue weighted by atomic mass is 16.5. The third-order valence-corrected chi connectivity index (χ3v) is 4.30. The van der Waals surface area contributed by atoms with Crippen LogP contribution in [0.4, 0.5) is 0 Å². The van der Waals surface area contributed by atoms with E-state index in [9.17, 15) is 5.11 Å². The van der Waals surface area contributed by atoms with Crippen LogP contribution in [0.15, 0.2) is 24.3 Å². The molecule has 1 aliphatic rings. The molecule has 0 heterocycles. The molecular weight excluding hydrogens is 264 g/mol. The van der Waals surface area contributed by atoms with E-state index in [1.165, 1.54) is 12.8 Å². The minimum Gasteiger partial charge on any atom is -0.489 e. The van der Waals surface area contributed by atoms with Gasteiger partial charge in [0.25, 0.3) is 0 Å². The van der Waals surface area contributed by atoms with Crippen LogP contribution in [-0.2, 0) is 0 Å². The summed E-state index contributed by atoms with van der Waals surface area (Å²) in [7, 11) is 0. The van der Waals surface area contributed by atoms with Crippen molar-refractivity contribution in [3.05, 3.63) is 29.8 Å². The Morgan fingerprint density at radius 1 is 1.48 bits per heavy atom. The van der Waals surface area contributed by atoms with Crippen molar-refractivity contribution in [2.75, 3.05) is 13.2 Å². The number of nitrogens with zero attached hydrogens (tertiary/aromatic N) is 1. The molecule has 1 aromatic rings. The molecule has 0 aliphatic heterocycles. The lowest BCUT2D eigenvalue weighted by Gasteiger charge is -2.28. The smallest absolute Gasteiger partial charge is 0.137 e. The van der Waals surface area contributed by atoms with Gasteiger partial charge in [-0.05, 0) is 30.4 Å². The monoisotopic (exact) mass is 288 g/mol. The van der Waals surface area contributed by atoms with E-state index in [1.807, 2.05) is 6.07 Å². The molecule has 4 heteroatoms. The molecular formula is C17H24N2O2. The first-order valence-corrected chi connectivity index (χ1v) is 7.56. The summed E-state index contributed by atoms with van der Waals surface area (Å²) in [5, 5.41) is 22.5. The largest absolute Gasteiger partial charge is 0.489 e. The van der Waals surface area contributed by atoms with E-state index >= 15 is 0 Å². The quantitative estimate of drug-likeness (QED) is 0.844. The minimum atomic E-state index is -0.576. The van der Waals surface area contributed by atoms with Gasteiger partial charge >= 0.3 is 0 Å². The van der Waals surface area contributed by atoms with Crippen molar-refractivity contribution < 1.29 is 9.84 Å². The maximum Gasteiger partial charge on any atom is 0.137 e. The first-order chi connectivity index (χ1) is 10.0. The van der Waals surface area contributed by atoms with E-state index in [2.05, 4.69) is 25.2 Å². The third kappa shape index (κ3) is 4.20. The number of nitriles is 1. The fourth-order valence-electron chi connectivity index (χ4n) is 2.91. The van der Waals surface area contributed by atoms with Gasteiger partial charge in [-0.2, -0.15) is 5.26 Å². The Morgan fingerprint density at radius 3 is 2.90 bits per heavy atom. The molecule has 0 aromatic heterocycles. The normalized spacial score (nSPS) is 21.7. The zero-order valence-corrected chi connectivity index (χ0v) is 12.8. The van der Waals surface area contributed by atoms with Gasteiger partial charge in [0.05, 0.1) is 5.56 Å². The van der Waals surface area contributed by atoms with Gasteiger partial charge < -0.3 is 15.2 Å². The molecule has 21 heavy (non-hydrogen) atoms. The molecule has 1 saturated carbocycles. The van der Waals surface area contributed by atoms with Gasteiger partial charge in [-0.1, -0.05) is 32.4 Å². The van der Waals surface area contributed by atoms with E-state index in [-0.39, 0.29) is 6.61 Å². The fraction of sp³-hybridized carbons (Fsp3) is 0.588. The highest BCUT2D eigenvalue weighted by Gasteiger charge is 2.34. The van der Waals surface area contributed by atoms with Crippen molar-refractivity contribution in [1.82, 2.24) is 5.32 Å². The highest BCUT2D eigenvalue weighted by molar-refractivity contribution is 5.42. The second-order valence-electron chi connectivity index (χ2n) is 6.41. The number of aliphatic hydroxyl groups is 1. The first kappa shape index (κ1) is 15.8. The molecule has 0 amide bonds. The van der Waals surface area contributed by atoms with Crippen LogP contribution in [0.25, 0.3) is 0 Å². The van der Waals surface area contributed by atoms with E-state index < -0.39 is 6.10 Å². The summed E-state index contributed by atoms with van der Waals surface area (Å²) in [6.07, 6.45) is 3.06. The molecule has 2 atom stereocenters. The van der Waals surface area contributed by atoms with E-state index in [4.69, 9.17) is 10.00 Å². The Morgan fingerprint density at radius 2 is 2.24 bits per heavy atom. The molecule has 0 saturated heterocycles. The van der Waals surface area contributed by atoms with Crippen LogP contribution in [0.5, 0.6) is 5.75 Å². The number of nitrogens with one attached hydrogen (secondary N) is 1. The summed E-state index contributed by atoms with van der Waals surface area (Å²) in [4.78, 5) is 0. The van der Waals surface area contributed by atoms with Crippen molar-refractivity contribution in [1.29, 1.82) is 5.26 Å². The lowest BCUT2D eigenvalue weighted by atomic mass is 9.87. The van der Waals surface area contributed by atoms with Crippen molar-refractivity contribution in [3.8, 4) is 11.8 Å². The predicted octanol–water partition coefficient (Wildman–Crippen LogP) is 2.47. The molecule has 2 unspecified atom stereocenters. The summed E-state index contributed by atoms with van der Waals surface area (Å²) < 4.78 is 5.54. The number of benzene rings is 1. The number of aliphatic hydroxyl groups excluding tert-OH is 1. The highest BCUT2D eigenvalue weighted by Crippen LogP contribution is 2.37. The summed E-state index contributed by atoms with van der Waals surface area (Å²) in [5.74, 6) is 0.528. The SMILES string of the molecule is CC1(C)CCCC1NCC(O)COc1ccccc1C#N. The molecule has 1 aromatic carbocycles. The fourth-order valence-corrected chi connectivity index (χ4v) is 2.91. The molecule has 0 radical (unpaired) electrons. The predicted molar refractivity (Wildman–Crippen MR) is 82.1 cm³/mol. The molecule has 114 valence electrons. The zero-order valence-electron chi connectivity index (χ0n) is 12.8. The average molecular weight is 288 g/mol.